The molecule has 1 aromatic carbocycles. The second-order valence-corrected chi connectivity index (χ2v) is 4.80. The molecule has 4 nitrogen and oxygen atoms in total. The standard InChI is InChI=1S/C6H6BrN.CHF3O3S/c7-5-1-3-6(8)4-2-5;2-1(3,4)8(5,6)7/h1-4H,8H2;(H,5,6,7). The molecule has 0 bridgehead atoms. The van der Waals surface area contributed by atoms with E-state index in [2.05, 4.69) is 15.9 Å². The topological polar surface area (TPSA) is 80.4 Å². The highest BCUT2D eigenvalue weighted by atomic mass is 79.9. The van der Waals surface area contributed by atoms with Gasteiger partial charge in [-0.2, -0.15) is 21.6 Å². The van der Waals surface area contributed by atoms with Crippen LogP contribution >= 0.6 is 15.9 Å². The van der Waals surface area contributed by atoms with Gasteiger partial charge < -0.3 is 5.73 Å². The number of nitrogens with two attached hydrogens (primary N) is 1. The third-order valence-electron chi connectivity index (χ3n) is 1.16. The van der Waals surface area contributed by atoms with Crippen LogP contribution < -0.4 is 5.73 Å². The molecule has 0 heterocycles. The van der Waals surface area contributed by atoms with Crippen molar-refractivity contribution in [1.29, 1.82) is 0 Å². The van der Waals surface area contributed by atoms with Crippen molar-refractivity contribution < 1.29 is 26.1 Å². The third-order valence-corrected chi connectivity index (χ3v) is 2.28. The Bertz CT molecular complexity index is 408. The minimum atomic E-state index is -5.84. The minimum absolute atomic E-state index is 0.799. The number of hydrogen-bond acceptors (Lipinski definition) is 3. The Labute approximate surface area is 98.1 Å². The molecule has 92 valence electrons. The van der Waals surface area contributed by atoms with E-state index >= 15 is 0 Å². The van der Waals surface area contributed by atoms with Gasteiger partial charge >= 0.3 is 15.6 Å². The summed E-state index contributed by atoms with van der Waals surface area (Å²) in [7, 11) is -5.84. The Balaban J connectivity index is 0.000000281. The Kier molecular flexibility index (Phi) is 5.23. The summed E-state index contributed by atoms with van der Waals surface area (Å²) in [5.74, 6) is 0. The molecule has 1 aromatic rings. The molecule has 0 saturated heterocycles. The van der Waals surface area contributed by atoms with Crippen molar-refractivity contribution >= 4 is 31.7 Å². The van der Waals surface area contributed by atoms with E-state index in [1.807, 2.05) is 24.3 Å². The molecule has 16 heavy (non-hydrogen) atoms. The van der Waals surface area contributed by atoms with E-state index in [1.54, 1.807) is 0 Å². The maximum absolute atomic E-state index is 10.7. The number of halogens is 4. The quantitative estimate of drug-likeness (QED) is 0.437. The molecular formula is C7H7BrF3NO3S. The van der Waals surface area contributed by atoms with Gasteiger partial charge in [-0.3, -0.25) is 4.55 Å². The Hall–Kier alpha value is -0.800. The number of anilines is 1. The van der Waals surface area contributed by atoms with E-state index in [4.69, 9.17) is 18.7 Å². The first-order chi connectivity index (χ1) is 7.04. The largest absolute Gasteiger partial charge is 0.522 e. The first-order valence-corrected chi connectivity index (χ1v) is 5.82. The van der Waals surface area contributed by atoms with E-state index in [0.717, 1.165) is 10.2 Å². The molecule has 0 unspecified atom stereocenters. The fourth-order valence-corrected chi connectivity index (χ4v) is 0.727. The Morgan fingerprint density at radius 3 is 1.69 bits per heavy atom. The minimum Gasteiger partial charge on any atom is -0.399 e. The molecule has 0 spiro atoms. The van der Waals surface area contributed by atoms with Gasteiger partial charge in [-0.25, -0.2) is 0 Å². The van der Waals surface area contributed by atoms with Gasteiger partial charge in [-0.1, -0.05) is 15.9 Å². The number of alkyl halides is 3. The maximum atomic E-state index is 10.7. The smallest absolute Gasteiger partial charge is 0.399 e. The van der Waals surface area contributed by atoms with Crippen LogP contribution in [0, 0.1) is 0 Å². The molecule has 3 N–H and O–H groups in total. The first-order valence-electron chi connectivity index (χ1n) is 3.59. The molecule has 0 aliphatic heterocycles. The lowest BCUT2D eigenvalue weighted by Gasteiger charge is -1.97. The molecule has 1 rings (SSSR count). The van der Waals surface area contributed by atoms with Crippen molar-refractivity contribution in [3.05, 3.63) is 28.7 Å². The van der Waals surface area contributed by atoms with E-state index in [9.17, 15) is 13.2 Å². The molecular weight excluding hydrogens is 315 g/mol. The molecule has 0 saturated carbocycles. The van der Waals surface area contributed by atoms with Gasteiger partial charge in [0.1, 0.15) is 0 Å². The summed E-state index contributed by atoms with van der Waals surface area (Å²) in [5.41, 5.74) is 0.670. The van der Waals surface area contributed by atoms with Gasteiger partial charge in [0.15, 0.2) is 0 Å². The second kappa shape index (κ2) is 5.51. The van der Waals surface area contributed by atoms with Crippen molar-refractivity contribution in [3.8, 4) is 0 Å². The van der Waals surface area contributed by atoms with Gasteiger partial charge in [-0.05, 0) is 24.3 Å². The van der Waals surface area contributed by atoms with Gasteiger partial charge in [0, 0.05) is 10.2 Å². The maximum Gasteiger partial charge on any atom is 0.522 e. The highest BCUT2D eigenvalue weighted by Gasteiger charge is 2.44. The molecule has 9 heteroatoms. The van der Waals surface area contributed by atoms with Crippen LogP contribution in [0.2, 0.25) is 0 Å². The molecule has 0 radical (unpaired) electrons. The summed E-state index contributed by atoms with van der Waals surface area (Å²) in [4.78, 5) is 0. The normalized spacial score (nSPS) is 11.6. The third kappa shape index (κ3) is 5.93. The van der Waals surface area contributed by atoms with Crippen molar-refractivity contribution in [2.24, 2.45) is 0 Å². The number of nitrogen functional groups attached to an aromatic ring is 1. The summed E-state index contributed by atoms with van der Waals surface area (Å²) in [6.07, 6.45) is 0. The summed E-state index contributed by atoms with van der Waals surface area (Å²) in [6.45, 7) is 0. The average molecular weight is 322 g/mol. The van der Waals surface area contributed by atoms with Gasteiger partial charge in [0.25, 0.3) is 0 Å². The highest BCUT2D eigenvalue weighted by molar-refractivity contribution is 9.10. The van der Waals surface area contributed by atoms with Crippen molar-refractivity contribution in [1.82, 2.24) is 0 Å². The second-order valence-electron chi connectivity index (χ2n) is 2.47. The first kappa shape index (κ1) is 15.2. The molecule has 0 amide bonds. The van der Waals surface area contributed by atoms with Crippen molar-refractivity contribution in [2.75, 3.05) is 5.73 Å². The zero-order valence-electron chi connectivity index (χ0n) is 7.57. The summed E-state index contributed by atoms with van der Waals surface area (Å²) in [6, 6.07) is 7.53. The molecule has 0 fully saturated rings. The predicted octanol–water partition coefficient (Wildman–Crippen LogP) is 2.43. The average Bonchev–Trinajstić information content (AvgIpc) is 2.08. The SMILES string of the molecule is Nc1ccc(Br)cc1.O=S(=O)(O)C(F)(F)F. The molecule has 0 aromatic heterocycles. The van der Waals surface area contributed by atoms with Crippen LogP contribution in [0.4, 0.5) is 18.9 Å². The summed E-state index contributed by atoms with van der Waals surface area (Å²) in [5, 5.41) is 0. The van der Waals surface area contributed by atoms with Crippen LogP contribution in [0.15, 0.2) is 28.7 Å². The fourth-order valence-electron chi connectivity index (χ4n) is 0.463. The van der Waals surface area contributed by atoms with E-state index in [1.165, 1.54) is 0 Å². The molecule has 0 atom stereocenters. The van der Waals surface area contributed by atoms with Crippen LogP contribution in [-0.2, 0) is 10.1 Å². The van der Waals surface area contributed by atoms with E-state index in [0.29, 0.717) is 0 Å². The number of rotatable bonds is 0. The van der Waals surface area contributed by atoms with Crippen LogP contribution in [0.25, 0.3) is 0 Å². The van der Waals surface area contributed by atoms with Gasteiger partial charge in [0.05, 0.1) is 0 Å². The fraction of sp³-hybridized carbons (Fsp3) is 0.143. The Morgan fingerprint density at radius 2 is 1.50 bits per heavy atom. The van der Waals surface area contributed by atoms with Crippen molar-refractivity contribution in [3.63, 3.8) is 0 Å². The monoisotopic (exact) mass is 321 g/mol. The zero-order valence-corrected chi connectivity index (χ0v) is 9.97. The molecule has 0 aliphatic rings. The lowest BCUT2D eigenvalue weighted by molar-refractivity contribution is -0.0510. The molecule has 0 aliphatic carbocycles. The van der Waals surface area contributed by atoms with Crippen LogP contribution in [-0.4, -0.2) is 18.5 Å². The van der Waals surface area contributed by atoms with E-state index in [-0.39, 0.29) is 0 Å². The summed E-state index contributed by atoms with van der Waals surface area (Å²) < 4.78 is 58.6. The highest BCUT2D eigenvalue weighted by Crippen LogP contribution is 2.20. The number of hydrogen-bond donors (Lipinski definition) is 2. The predicted molar refractivity (Wildman–Crippen MR) is 56.2 cm³/mol. The Morgan fingerprint density at radius 1 is 1.19 bits per heavy atom. The lowest BCUT2D eigenvalue weighted by Crippen LogP contribution is -2.21. The van der Waals surface area contributed by atoms with E-state index < -0.39 is 15.6 Å². The van der Waals surface area contributed by atoms with Crippen LogP contribution in [0.3, 0.4) is 0 Å². The summed E-state index contributed by atoms with van der Waals surface area (Å²) >= 11 is 3.29. The van der Waals surface area contributed by atoms with Gasteiger partial charge in [0.2, 0.25) is 0 Å². The van der Waals surface area contributed by atoms with Crippen LogP contribution in [0.5, 0.6) is 0 Å². The number of benzene rings is 1. The van der Waals surface area contributed by atoms with Crippen LogP contribution in [0.1, 0.15) is 0 Å². The van der Waals surface area contributed by atoms with Gasteiger partial charge in [-0.15, -0.1) is 0 Å². The lowest BCUT2D eigenvalue weighted by atomic mass is 10.3. The zero-order chi connectivity index (χ0) is 13.0. The van der Waals surface area contributed by atoms with Crippen molar-refractivity contribution in [2.45, 2.75) is 5.51 Å².